The van der Waals surface area contributed by atoms with Crippen LogP contribution in [0.1, 0.15) is 23.1 Å². The first-order valence-electron chi connectivity index (χ1n) is 10.8. The summed E-state index contributed by atoms with van der Waals surface area (Å²) in [6.45, 7) is 3.41. The number of imide groups is 1. The van der Waals surface area contributed by atoms with Crippen molar-refractivity contribution in [3.63, 3.8) is 0 Å². The minimum Gasteiger partial charge on any atom is -0.339 e. The summed E-state index contributed by atoms with van der Waals surface area (Å²) in [6, 6.07) is 17.5. The zero-order valence-electron chi connectivity index (χ0n) is 17.4. The van der Waals surface area contributed by atoms with Crippen LogP contribution in [0.3, 0.4) is 0 Å². The lowest BCUT2D eigenvalue weighted by Gasteiger charge is -2.35. The van der Waals surface area contributed by atoms with Gasteiger partial charge in [0, 0.05) is 32.7 Å². The van der Waals surface area contributed by atoms with Crippen molar-refractivity contribution in [2.45, 2.75) is 24.9 Å². The molecule has 0 radical (unpaired) electrons. The van der Waals surface area contributed by atoms with Crippen molar-refractivity contribution in [1.82, 2.24) is 20.0 Å². The molecule has 31 heavy (non-hydrogen) atoms. The van der Waals surface area contributed by atoms with Crippen LogP contribution < -0.4 is 5.32 Å². The molecule has 1 spiro atoms. The molecule has 1 atom stereocenters. The molecule has 2 saturated heterocycles. The summed E-state index contributed by atoms with van der Waals surface area (Å²) >= 11 is 0. The van der Waals surface area contributed by atoms with Crippen molar-refractivity contribution >= 4 is 17.8 Å². The summed E-state index contributed by atoms with van der Waals surface area (Å²) in [5.41, 5.74) is 2.18. The molecule has 0 aromatic heterocycles. The van der Waals surface area contributed by atoms with Gasteiger partial charge < -0.3 is 10.2 Å². The SMILES string of the molecule is O=C(CN1C(=O)N[C@]2(CCc3ccccc32)C1=O)N1CCN(Cc2ccccc2)CC1. The molecule has 7 heteroatoms. The molecule has 5 rings (SSSR count). The molecule has 1 aliphatic carbocycles. The number of carbonyl (C=O) groups is 3. The highest BCUT2D eigenvalue weighted by molar-refractivity contribution is 6.09. The minimum atomic E-state index is -1.01. The van der Waals surface area contributed by atoms with Gasteiger partial charge in [0.2, 0.25) is 5.91 Å². The van der Waals surface area contributed by atoms with Crippen molar-refractivity contribution in [2.75, 3.05) is 32.7 Å². The normalized spacial score (nSPS) is 23.4. The van der Waals surface area contributed by atoms with Crippen LogP contribution in [0.15, 0.2) is 54.6 Å². The first-order chi connectivity index (χ1) is 15.1. The monoisotopic (exact) mass is 418 g/mol. The number of benzene rings is 2. The third kappa shape index (κ3) is 3.49. The van der Waals surface area contributed by atoms with Crippen molar-refractivity contribution in [3.05, 3.63) is 71.3 Å². The van der Waals surface area contributed by atoms with Gasteiger partial charge in [-0.25, -0.2) is 4.79 Å². The predicted molar refractivity (Wildman–Crippen MR) is 115 cm³/mol. The van der Waals surface area contributed by atoms with Gasteiger partial charge in [-0.05, 0) is 29.5 Å². The fraction of sp³-hybridized carbons (Fsp3) is 0.375. The van der Waals surface area contributed by atoms with E-state index in [1.165, 1.54) is 5.56 Å². The number of urea groups is 1. The first kappa shape index (κ1) is 19.8. The lowest BCUT2D eigenvalue weighted by Crippen LogP contribution is -2.51. The first-order valence-corrected chi connectivity index (χ1v) is 10.8. The van der Waals surface area contributed by atoms with Gasteiger partial charge in [-0.1, -0.05) is 54.6 Å². The number of carbonyl (C=O) groups excluding carboxylic acids is 3. The number of piperazine rings is 1. The zero-order valence-corrected chi connectivity index (χ0v) is 17.4. The molecule has 3 aliphatic rings. The van der Waals surface area contributed by atoms with Crippen LogP contribution in [-0.4, -0.2) is 65.3 Å². The molecule has 0 unspecified atom stereocenters. The van der Waals surface area contributed by atoms with Crippen molar-refractivity contribution in [2.24, 2.45) is 0 Å². The summed E-state index contributed by atoms with van der Waals surface area (Å²) in [5, 5.41) is 2.89. The number of hydrogen-bond donors (Lipinski definition) is 1. The molecule has 2 aliphatic heterocycles. The number of hydrogen-bond acceptors (Lipinski definition) is 4. The molecule has 2 aromatic carbocycles. The van der Waals surface area contributed by atoms with Crippen LogP contribution in [-0.2, 0) is 28.1 Å². The average molecular weight is 418 g/mol. The Kier molecular flexibility index (Phi) is 4.98. The molecule has 0 saturated carbocycles. The fourth-order valence-electron chi connectivity index (χ4n) is 4.97. The summed E-state index contributed by atoms with van der Waals surface area (Å²) in [6.07, 6.45) is 1.28. The molecular weight excluding hydrogens is 392 g/mol. The van der Waals surface area contributed by atoms with E-state index in [0.717, 1.165) is 42.1 Å². The van der Waals surface area contributed by atoms with Crippen LogP contribution in [0, 0.1) is 0 Å². The Balaban J connectivity index is 1.21. The van der Waals surface area contributed by atoms with E-state index in [1.807, 2.05) is 42.5 Å². The number of fused-ring (bicyclic) bond motifs is 2. The minimum absolute atomic E-state index is 0.175. The van der Waals surface area contributed by atoms with E-state index in [4.69, 9.17) is 0 Å². The summed E-state index contributed by atoms with van der Waals surface area (Å²) in [4.78, 5) is 44.0. The van der Waals surface area contributed by atoms with Gasteiger partial charge in [-0.2, -0.15) is 0 Å². The summed E-state index contributed by atoms with van der Waals surface area (Å²) < 4.78 is 0. The molecule has 2 aromatic rings. The second-order valence-electron chi connectivity index (χ2n) is 8.53. The van der Waals surface area contributed by atoms with Gasteiger partial charge in [0.15, 0.2) is 0 Å². The highest BCUT2D eigenvalue weighted by Crippen LogP contribution is 2.41. The molecule has 1 N–H and O–H groups in total. The third-order valence-corrected chi connectivity index (χ3v) is 6.69. The molecule has 0 bridgehead atoms. The maximum atomic E-state index is 13.2. The Bertz CT molecular complexity index is 1020. The fourth-order valence-corrected chi connectivity index (χ4v) is 4.97. The highest BCUT2D eigenvalue weighted by atomic mass is 16.2. The highest BCUT2D eigenvalue weighted by Gasteiger charge is 2.55. The van der Waals surface area contributed by atoms with Gasteiger partial charge in [0.1, 0.15) is 12.1 Å². The number of aryl methyl sites for hydroxylation is 1. The average Bonchev–Trinajstić information content (AvgIpc) is 3.28. The Hall–Kier alpha value is -3.19. The number of nitrogens with zero attached hydrogens (tertiary/aromatic N) is 3. The topological polar surface area (TPSA) is 73.0 Å². The molecule has 2 fully saturated rings. The largest absolute Gasteiger partial charge is 0.339 e. The smallest absolute Gasteiger partial charge is 0.325 e. The van der Waals surface area contributed by atoms with E-state index in [1.54, 1.807) is 4.90 Å². The van der Waals surface area contributed by atoms with Crippen LogP contribution in [0.2, 0.25) is 0 Å². The van der Waals surface area contributed by atoms with Crippen LogP contribution in [0.25, 0.3) is 0 Å². The predicted octanol–water partition coefficient (Wildman–Crippen LogP) is 1.72. The summed E-state index contributed by atoms with van der Waals surface area (Å²) in [5.74, 6) is -0.482. The maximum absolute atomic E-state index is 13.2. The maximum Gasteiger partial charge on any atom is 0.325 e. The number of rotatable bonds is 4. The van der Waals surface area contributed by atoms with Gasteiger partial charge >= 0.3 is 6.03 Å². The van der Waals surface area contributed by atoms with E-state index >= 15 is 0 Å². The third-order valence-electron chi connectivity index (χ3n) is 6.69. The Morgan fingerprint density at radius 3 is 2.42 bits per heavy atom. The Morgan fingerprint density at radius 2 is 1.65 bits per heavy atom. The van der Waals surface area contributed by atoms with Crippen LogP contribution in [0.5, 0.6) is 0 Å². The van der Waals surface area contributed by atoms with Crippen molar-refractivity contribution in [1.29, 1.82) is 0 Å². The van der Waals surface area contributed by atoms with Gasteiger partial charge in [-0.15, -0.1) is 0 Å². The second kappa shape index (κ2) is 7.81. The van der Waals surface area contributed by atoms with Gasteiger partial charge in [-0.3, -0.25) is 19.4 Å². The molecular formula is C24H26N4O3. The molecule has 4 amide bonds. The van der Waals surface area contributed by atoms with Crippen molar-refractivity contribution in [3.8, 4) is 0 Å². The van der Waals surface area contributed by atoms with E-state index < -0.39 is 11.6 Å². The second-order valence-corrected chi connectivity index (χ2v) is 8.53. The quantitative estimate of drug-likeness (QED) is 0.768. The Labute approximate surface area is 181 Å². The molecule has 2 heterocycles. The molecule has 160 valence electrons. The lowest BCUT2D eigenvalue weighted by atomic mass is 9.92. The van der Waals surface area contributed by atoms with E-state index in [0.29, 0.717) is 19.5 Å². The van der Waals surface area contributed by atoms with Crippen LogP contribution in [0.4, 0.5) is 4.79 Å². The van der Waals surface area contributed by atoms with Gasteiger partial charge in [0.05, 0.1) is 0 Å². The van der Waals surface area contributed by atoms with E-state index in [2.05, 4.69) is 22.3 Å². The summed E-state index contributed by atoms with van der Waals surface area (Å²) in [7, 11) is 0. The van der Waals surface area contributed by atoms with Crippen molar-refractivity contribution < 1.29 is 14.4 Å². The zero-order chi connectivity index (χ0) is 21.4. The lowest BCUT2D eigenvalue weighted by molar-refractivity contribution is -0.140. The van der Waals surface area contributed by atoms with E-state index in [9.17, 15) is 14.4 Å². The Morgan fingerprint density at radius 1 is 0.935 bits per heavy atom. The van der Waals surface area contributed by atoms with Crippen LogP contribution >= 0.6 is 0 Å². The number of nitrogens with one attached hydrogen (secondary N) is 1. The molecule has 7 nitrogen and oxygen atoms in total. The standard InChI is InChI=1S/C24H26N4O3/c29-21(27-14-12-26(13-15-27)16-18-6-2-1-3-7-18)17-28-22(30)24(25-23(28)31)11-10-19-8-4-5-9-20(19)24/h1-9H,10-17H2,(H,25,31)/t24-/m0/s1. The van der Waals surface area contributed by atoms with E-state index in [-0.39, 0.29) is 18.4 Å². The van der Waals surface area contributed by atoms with Gasteiger partial charge in [0.25, 0.3) is 5.91 Å². The number of amides is 4.